The molecule has 1 N–H and O–H groups in total. The highest BCUT2D eigenvalue weighted by Gasteiger charge is 2.06. The van der Waals surface area contributed by atoms with Crippen LogP contribution in [-0.2, 0) is 0 Å². The standard InChI is InChI=1S/C10H12BrCl2NS/c1-2-15-4-3-14-10-8(12)5-7(11)6-9(10)13/h5-6,14H,2-4H2,1H3. The number of anilines is 1. The molecule has 0 heterocycles. The molecule has 0 saturated carbocycles. The summed E-state index contributed by atoms with van der Waals surface area (Å²) in [4.78, 5) is 0. The lowest BCUT2D eigenvalue weighted by atomic mass is 10.3. The van der Waals surface area contributed by atoms with Crippen molar-refractivity contribution in [1.82, 2.24) is 0 Å². The Balaban J connectivity index is 2.60. The van der Waals surface area contributed by atoms with Gasteiger partial charge in [-0.05, 0) is 17.9 Å². The number of thioether (sulfide) groups is 1. The second-order valence-corrected chi connectivity index (χ2v) is 5.99. The van der Waals surface area contributed by atoms with E-state index in [0.717, 1.165) is 28.2 Å². The van der Waals surface area contributed by atoms with E-state index in [4.69, 9.17) is 23.2 Å². The molecular weight excluding hydrogens is 317 g/mol. The van der Waals surface area contributed by atoms with Crippen LogP contribution < -0.4 is 5.32 Å². The minimum absolute atomic E-state index is 0.649. The van der Waals surface area contributed by atoms with Crippen molar-refractivity contribution in [2.75, 3.05) is 23.4 Å². The monoisotopic (exact) mass is 327 g/mol. The lowest BCUT2D eigenvalue weighted by molar-refractivity contribution is 1.22. The van der Waals surface area contributed by atoms with Crippen molar-refractivity contribution in [3.05, 3.63) is 26.7 Å². The zero-order chi connectivity index (χ0) is 11.3. The average Bonchev–Trinajstić information content (AvgIpc) is 2.15. The van der Waals surface area contributed by atoms with E-state index in [9.17, 15) is 0 Å². The smallest absolute Gasteiger partial charge is 0.0720 e. The van der Waals surface area contributed by atoms with Crippen LogP contribution in [0.4, 0.5) is 5.69 Å². The van der Waals surface area contributed by atoms with Gasteiger partial charge in [0, 0.05) is 16.8 Å². The van der Waals surface area contributed by atoms with Gasteiger partial charge in [0.25, 0.3) is 0 Å². The summed E-state index contributed by atoms with van der Waals surface area (Å²) >= 11 is 17.4. The van der Waals surface area contributed by atoms with E-state index in [1.807, 2.05) is 23.9 Å². The first-order valence-corrected chi connectivity index (χ1v) is 7.31. The molecule has 0 amide bonds. The Hall–Kier alpha value is 0.430. The highest BCUT2D eigenvalue weighted by Crippen LogP contribution is 2.33. The quantitative estimate of drug-likeness (QED) is 0.770. The van der Waals surface area contributed by atoms with Gasteiger partial charge in [0.2, 0.25) is 0 Å². The maximum absolute atomic E-state index is 6.06. The van der Waals surface area contributed by atoms with E-state index in [1.165, 1.54) is 0 Å². The van der Waals surface area contributed by atoms with Gasteiger partial charge in [-0.3, -0.25) is 0 Å². The highest BCUT2D eigenvalue weighted by atomic mass is 79.9. The number of rotatable bonds is 5. The fourth-order valence-electron chi connectivity index (χ4n) is 1.10. The summed E-state index contributed by atoms with van der Waals surface area (Å²) < 4.78 is 0.894. The van der Waals surface area contributed by atoms with Crippen molar-refractivity contribution in [3.63, 3.8) is 0 Å². The summed E-state index contributed by atoms with van der Waals surface area (Å²) in [6.07, 6.45) is 0. The summed E-state index contributed by atoms with van der Waals surface area (Å²) in [5.74, 6) is 2.18. The van der Waals surface area contributed by atoms with Crippen molar-refractivity contribution >= 4 is 56.6 Å². The molecule has 0 aliphatic rings. The molecule has 1 aromatic rings. The molecule has 0 aliphatic carbocycles. The third-order valence-electron chi connectivity index (χ3n) is 1.76. The number of hydrogen-bond acceptors (Lipinski definition) is 2. The van der Waals surface area contributed by atoms with Crippen LogP contribution in [-0.4, -0.2) is 18.1 Å². The largest absolute Gasteiger partial charge is 0.382 e. The van der Waals surface area contributed by atoms with Gasteiger partial charge in [-0.25, -0.2) is 0 Å². The van der Waals surface area contributed by atoms with Crippen LogP contribution in [0.25, 0.3) is 0 Å². The van der Waals surface area contributed by atoms with Gasteiger partial charge in [-0.1, -0.05) is 46.1 Å². The summed E-state index contributed by atoms with van der Waals surface area (Å²) in [5.41, 5.74) is 0.818. The minimum Gasteiger partial charge on any atom is -0.382 e. The average molecular weight is 329 g/mol. The Morgan fingerprint density at radius 3 is 2.47 bits per heavy atom. The van der Waals surface area contributed by atoms with E-state index in [-0.39, 0.29) is 0 Å². The van der Waals surface area contributed by atoms with Gasteiger partial charge >= 0.3 is 0 Å². The molecule has 5 heteroatoms. The van der Waals surface area contributed by atoms with Gasteiger partial charge < -0.3 is 5.32 Å². The van der Waals surface area contributed by atoms with Crippen molar-refractivity contribution in [2.45, 2.75) is 6.92 Å². The molecule has 0 aliphatic heterocycles. The van der Waals surface area contributed by atoms with Crippen LogP contribution in [0, 0.1) is 0 Å². The van der Waals surface area contributed by atoms with E-state index in [1.54, 1.807) is 0 Å². The molecule has 0 radical (unpaired) electrons. The van der Waals surface area contributed by atoms with E-state index in [0.29, 0.717) is 10.0 Å². The van der Waals surface area contributed by atoms with Gasteiger partial charge in [0.05, 0.1) is 15.7 Å². The van der Waals surface area contributed by atoms with Crippen LogP contribution in [0.5, 0.6) is 0 Å². The number of hydrogen-bond donors (Lipinski definition) is 1. The molecule has 0 saturated heterocycles. The maximum atomic E-state index is 6.06. The van der Waals surface area contributed by atoms with E-state index in [2.05, 4.69) is 28.2 Å². The molecule has 0 fully saturated rings. The molecule has 0 spiro atoms. The Morgan fingerprint density at radius 1 is 1.33 bits per heavy atom. The SMILES string of the molecule is CCSCCNc1c(Cl)cc(Br)cc1Cl. The fraction of sp³-hybridized carbons (Fsp3) is 0.400. The second-order valence-electron chi connectivity index (χ2n) is 2.87. The normalized spacial score (nSPS) is 10.4. The minimum atomic E-state index is 0.649. The van der Waals surface area contributed by atoms with Crippen LogP contribution >= 0.6 is 50.9 Å². The van der Waals surface area contributed by atoms with Crippen molar-refractivity contribution in [1.29, 1.82) is 0 Å². The highest BCUT2D eigenvalue weighted by molar-refractivity contribution is 9.10. The zero-order valence-corrected chi connectivity index (χ0v) is 12.2. The number of halogens is 3. The van der Waals surface area contributed by atoms with Gasteiger partial charge in [-0.2, -0.15) is 11.8 Å². The number of benzene rings is 1. The Labute approximate surface area is 113 Å². The third kappa shape index (κ3) is 4.43. The molecule has 0 unspecified atom stereocenters. The first-order chi connectivity index (χ1) is 7.15. The molecule has 1 aromatic carbocycles. The van der Waals surface area contributed by atoms with Crippen LogP contribution in [0.15, 0.2) is 16.6 Å². The molecule has 84 valence electrons. The summed E-state index contributed by atoms with van der Waals surface area (Å²) in [7, 11) is 0. The maximum Gasteiger partial charge on any atom is 0.0720 e. The predicted octanol–water partition coefficient (Wildman–Crippen LogP) is 4.92. The van der Waals surface area contributed by atoms with Gasteiger partial charge in [-0.15, -0.1) is 0 Å². The second kappa shape index (κ2) is 6.89. The predicted molar refractivity (Wildman–Crippen MR) is 75.7 cm³/mol. The molecule has 0 bridgehead atoms. The number of nitrogens with one attached hydrogen (secondary N) is 1. The van der Waals surface area contributed by atoms with E-state index >= 15 is 0 Å². The van der Waals surface area contributed by atoms with Crippen molar-refractivity contribution in [3.8, 4) is 0 Å². The fourth-order valence-corrected chi connectivity index (χ4v) is 2.98. The zero-order valence-electron chi connectivity index (χ0n) is 8.32. The van der Waals surface area contributed by atoms with Gasteiger partial charge in [0.15, 0.2) is 0 Å². The first-order valence-electron chi connectivity index (χ1n) is 4.61. The van der Waals surface area contributed by atoms with Crippen LogP contribution in [0.2, 0.25) is 10.0 Å². The van der Waals surface area contributed by atoms with Crippen LogP contribution in [0.1, 0.15) is 6.92 Å². The lowest BCUT2D eigenvalue weighted by Gasteiger charge is -2.10. The molecule has 0 atom stereocenters. The topological polar surface area (TPSA) is 12.0 Å². The molecular formula is C10H12BrCl2NS. The molecule has 1 nitrogen and oxygen atoms in total. The third-order valence-corrected chi connectivity index (χ3v) is 3.71. The lowest BCUT2D eigenvalue weighted by Crippen LogP contribution is -2.05. The molecule has 0 aromatic heterocycles. The van der Waals surface area contributed by atoms with Crippen LogP contribution in [0.3, 0.4) is 0 Å². The Bertz CT molecular complexity index is 310. The Morgan fingerprint density at radius 2 is 1.93 bits per heavy atom. The van der Waals surface area contributed by atoms with Crippen molar-refractivity contribution in [2.24, 2.45) is 0 Å². The Kier molecular flexibility index (Phi) is 6.20. The summed E-state index contributed by atoms with van der Waals surface area (Å²) in [5, 5.41) is 4.54. The van der Waals surface area contributed by atoms with Gasteiger partial charge in [0.1, 0.15) is 0 Å². The summed E-state index contributed by atoms with van der Waals surface area (Å²) in [6.45, 7) is 3.02. The summed E-state index contributed by atoms with van der Waals surface area (Å²) in [6, 6.07) is 3.67. The van der Waals surface area contributed by atoms with Crippen molar-refractivity contribution < 1.29 is 0 Å². The van der Waals surface area contributed by atoms with E-state index < -0.39 is 0 Å². The molecule has 1 rings (SSSR count). The first kappa shape index (κ1) is 13.5. The molecule has 15 heavy (non-hydrogen) atoms.